The van der Waals surface area contributed by atoms with E-state index in [1.165, 1.54) is 27.4 Å². The molecule has 0 spiro atoms. The number of carbonyl (C=O) groups is 2. The standard InChI is InChI=1S/C26H26N2O6/c1-31-19-15-23(33-3)20(24(16-19)34-4)11-13-25(29)27-18-10-12-22(32-2)21(14-18)28-26(30)17-8-6-5-7-9-17/h5-16H,1-4H3,(H,27,29)(H,28,30). The Morgan fingerprint density at radius 2 is 1.38 bits per heavy atom. The van der Waals surface area contributed by atoms with Gasteiger partial charge in [0.25, 0.3) is 5.91 Å². The summed E-state index contributed by atoms with van der Waals surface area (Å²) in [7, 11) is 6.09. The van der Waals surface area contributed by atoms with Crippen molar-refractivity contribution in [2.24, 2.45) is 0 Å². The predicted octanol–water partition coefficient (Wildman–Crippen LogP) is 4.63. The third-order valence-electron chi connectivity index (χ3n) is 4.91. The minimum Gasteiger partial charge on any atom is -0.496 e. The summed E-state index contributed by atoms with van der Waals surface area (Å²) in [4.78, 5) is 25.1. The first kappa shape index (κ1) is 24.2. The fourth-order valence-electron chi connectivity index (χ4n) is 3.21. The highest BCUT2D eigenvalue weighted by molar-refractivity contribution is 6.06. The number of nitrogens with one attached hydrogen (secondary N) is 2. The third kappa shape index (κ3) is 5.86. The number of methoxy groups -OCH3 is 4. The van der Waals surface area contributed by atoms with E-state index in [-0.39, 0.29) is 11.8 Å². The van der Waals surface area contributed by atoms with Gasteiger partial charge < -0.3 is 29.6 Å². The highest BCUT2D eigenvalue weighted by Crippen LogP contribution is 2.35. The lowest BCUT2D eigenvalue weighted by molar-refractivity contribution is -0.111. The molecule has 0 fully saturated rings. The first-order valence-electron chi connectivity index (χ1n) is 10.3. The Balaban J connectivity index is 1.78. The fourth-order valence-corrected chi connectivity index (χ4v) is 3.21. The van der Waals surface area contributed by atoms with E-state index in [2.05, 4.69) is 10.6 Å². The minimum atomic E-state index is -0.384. The number of ether oxygens (including phenoxy) is 4. The van der Waals surface area contributed by atoms with E-state index in [1.54, 1.807) is 67.8 Å². The average molecular weight is 463 g/mol. The van der Waals surface area contributed by atoms with Crippen molar-refractivity contribution in [2.75, 3.05) is 39.1 Å². The zero-order valence-corrected chi connectivity index (χ0v) is 19.4. The molecule has 0 bridgehead atoms. The molecule has 2 amide bonds. The lowest BCUT2D eigenvalue weighted by atomic mass is 10.1. The molecule has 0 atom stereocenters. The molecule has 0 saturated heterocycles. The Hall–Kier alpha value is -4.46. The van der Waals surface area contributed by atoms with Crippen LogP contribution in [-0.2, 0) is 4.79 Å². The van der Waals surface area contributed by atoms with E-state index in [0.717, 1.165) is 0 Å². The van der Waals surface area contributed by atoms with Crippen LogP contribution in [-0.4, -0.2) is 40.3 Å². The van der Waals surface area contributed by atoms with Crippen LogP contribution in [0.25, 0.3) is 6.08 Å². The van der Waals surface area contributed by atoms with Crippen LogP contribution in [0.5, 0.6) is 23.0 Å². The normalized spacial score (nSPS) is 10.5. The molecule has 3 rings (SSSR count). The lowest BCUT2D eigenvalue weighted by Gasteiger charge is -2.13. The molecular formula is C26H26N2O6. The molecular weight excluding hydrogens is 436 g/mol. The number of carbonyl (C=O) groups excluding carboxylic acids is 2. The van der Waals surface area contributed by atoms with Gasteiger partial charge in [0, 0.05) is 29.5 Å². The van der Waals surface area contributed by atoms with Crippen molar-refractivity contribution in [3.05, 3.63) is 77.9 Å². The van der Waals surface area contributed by atoms with Gasteiger partial charge in [-0.3, -0.25) is 9.59 Å². The second-order valence-electron chi connectivity index (χ2n) is 7.00. The molecule has 2 N–H and O–H groups in total. The van der Waals surface area contributed by atoms with E-state index in [9.17, 15) is 9.59 Å². The smallest absolute Gasteiger partial charge is 0.255 e. The molecule has 0 heterocycles. The molecule has 0 radical (unpaired) electrons. The number of amides is 2. The van der Waals surface area contributed by atoms with Crippen LogP contribution in [0.1, 0.15) is 15.9 Å². The van der Waals surface area contributed by atoms with E-state index < -0.39 is 0 Å². The molecule has 0 aliphatic carbocycles. The summed E-state index contributed by atoms with van der Waals surface area (Å²) >= 11 is 0. The minimum absolute atomic E-state index is 0.291. The summed E-state index contributed by atoms with van der Waals surface area (Å²) in [5.74, 6) is 1.35. The van der Waals surface area contributed by atoms with Gasteiger partial charge in [-0.2, -0.15) is 0 Å². The van der Waals surface area contributed by atoms with E-state index in [1.807, 2.05) is 6.07 Å². The zero-order chi connectivity index (χ0) is 24.5. The molecule has 0 aliphatic heterocycles. The summed E-state index contributed by atoms with van der Waals surface area (Å²) in [5.41, 5.74) is 2.00. The molecule has 176 valence electrons. The predicted molar refractivity (Wildman–Crippen MR) is 131 cm³/mol. The van der Waals surface area contributed by atoms with E-state index in [0.29, 0.717) is 45.5 Å². The van der Waals surface area contributed by atoms with Gasteiger partial charge in [-0.15, -0.1) is 0 Å². The fraction of sp³-hybridized carbons (Fsp3) is 0.154. The van der Waals surface area contributed by atoms with Crippen molar-refractivity contribution in [1.82, 2.24) is 0 Å². The molecule has 0 unspecified atom stereocenters. The Morgan fingerprint density at radius 3 is 1.97 bits per heavy atom. The van der Waals surface area contributed by atoms with Gasteiger partial charge in [0.05, 0.1) is 39.7 Å². The maximum atomic E-state index is 12.6. The molecule has 0 aromatic heterocycles. The average Bonchev–Trinajstić information content (AvgIpc) is 2.87. The summed E-state index contributed by atoms with van der Waals surface area (Å²) in [5, 5.41) is 5.59. The highest BCUT2D eigenvalue weighted by atomic mass is 16.5. The van der Waals surface area contributed by atoms with Crippen molar-refractivity contribution in [1.29, 1.82) is 0 Å². The summed E-state index contributed by atoms with van der Waals surface area (Å²) < 4.78 is 21.4. The Labute approximate surface area is 198 Å². The Kier molecular flexibility index (Phi) is 8.12. The maximum Gasteiger partial charge on any atom is 0.255 e. The van der Waals surface area contributed by atoms with Crippen LogP contribution >= 0.6 is 0 Å². The second kappa shape index (κ2) is 11.4. The number of hydrogen-bond acceptors (Lipinski definition) is 6. The molecule has 3 aromatic rings. The van der Waals surface area contributed by atoms with Crippen LogP contribution in [0.15, 0.2) is 66.7 Å². The first-order chi connectivity index (χ1) is 16.5. The topological polar surface area (TPSA) is 95.1 Å². The summed E-state index contributed by atoms with van der Waals surface area (Å²) in [6, 6.07) is 17.2. The number of benzene rings is 3. The monoisotopic (exact) mass is 462 g/mol. The molecule has 3 aromatic carbocycles. The SMILES string of the molecule is COc1cc(OC)c(C=CC(=O)Nc2ccc(OC)c(NC(=O)c3ccccc3)c2)c(OC)c1. The van der Waals surface area contributed by atoms with Gasteiger partial charge in [-0.1, -0.05) is 18.2 Å². The molecule has 0 aliphatic rings. The van der Waals surface area contributed by atoms with Gasteiger partial charge in [0.1, 0.15) is 23.0 Å². The molecule has 0 saturated carbocycles. The van der Waals surface area contributed by atoms with Crippen LogP contribution < -0.4 is 29.6 Å². The van der Waals surface area contributed by atoms with Gasteiger partial charge in [0.2, 0.25) is 5.91 Å². The summed E-state index contributed by atoms with van der Waals surface area (Å²) in [6.07, 6.45) is 2.95. The Bertz CT molecular complexity index is 1170. The van der Waals surface area contributed by atoms with Crippen LogP contribution in [0, 0.1) is 0 Å². The molecule has 8 heteroatoms. The highest BCUT2D eigenvalue weighted by Gasteiger charge is 2.13. The second-order valence-corrected chi connectivity index (χ2v) is 7.00. The lowest BCUT2D eigenvalue weighted by Crippen LogP contribution is -2.13. The van der Waals surface area contributed by atoms with E-state index in [4.69, 9.17) is 18.9 Å². The zero-order valence-electron chi connectivity index (χ0n) is 19.4. The van der Waals surface area contributed by atoms with Gasteiger partial charge in [-0.25, -0.2) is 0 Å². The van der Waals surface area contributed by atoms with Crippen molar-refractivity contribution in [2.45, 2.75) is 0 Å². The third-order valence-corrected chi connectivity index (χ3v) is 4.91. The van der Waals surface area contributed by atoms with Gasteiger partial charge >= 0.3 is 0 Å². The molecule has 34 heavy (non-hydrogen) atoms. The van der Waals surface area contributed by atoms with Gasteiger partial charge in [0.15, 0.2) is 0 Å². The van der Waals surface area contributed by atoms with Crippen LogP contribution in [0.4, 0.5) is 11.4 Å². The van der Waals surface area contributed by atoms with Crippen LogP contribution in [0.2, 0.25) is 0 Å². The number of hydrogen-bond donors (Lipinski definition) is 2. The van der Waals surface area contributed by atoms with Crippen molar-refractivity contribution < 1.29 is 28.5 Å². The molecule has 8 nitrogen and oxygen atoms in total. The maximum absolute atomic E-state index is 12.6. The number of anilines is 2. The van der Waals surface area contributed by atoms with Gasteiger partial charge in [-0.05, 0) is 36.4 Å². The number of rotatable bonds is 9. The largest absolute Gasteiger partial charge is 0.496 e. The van der Waals surface area contributed by atoms with E-state index >= 15 is 0 Å². The summed E-state index contributed by atoms with van der Waals surface area (Å²) in [6.45, 7) is 0. The van der Waals surface area contributed by atoms with Crippen molar-refractivity contribution >= 4 is 29.3 Å². The quantitative estimate of drug-likeness (QED) is 0.451. The van der Waals surface area contributed by atoms with Crippen molar-refractivity contribution in [3.63, 3.8) is 0 Å². The van der Waals surface area contributed by atoms with Crippen molar-refractivity contribution in [3.8, 4) is 23.0 Å². The Morgan fingerprint density at radius 1 is 0.735 bits per heavy atom. The van der Waals surface area contributed by atoms with Crippen LogP contribution in [0.3, 0.4) is 0 Å². The first-order valence-corrected chi connectivity index (χ1v) is 10.3.